The van der Waals surface area contributed by atoms with Gasteiger partial charge in [0.25, 0.3) is 5.91 Å². The number of hydrogen-bond acceptors (Lipinski definition) is 4. The lowest BCUT2D eigenvalue weighted by atomic mass is 10.1. The van der Waals surface area contributed by atoms with Crippen LogP contribution in [0.25, 0.3) is 10.9 Å². The fraction of sp³-hybridized carbons (Fsp3) is 0.423. The maximum atomic E-state index is 13.5. The zero-order valence-electron chi connectivity index (χ0n) is 19.4. The maximum absolute atomic E-state index is 13.5. The molecule has 0 aliphatic carbocycles. The van der Waals surface area contributed by atoms with Gasteiger partial charge in [0.2, 0.25) is 5.75 Å². The highest BCUT2D eigenvalue weighted by Crippen LogP contribution is 2.39. The molecular weight excluding hydrogens is 404 g/mol. The minimum Gasteiger partial charge on any atom is -0.490 e. The van der Waals surface area contributed by atoms with Crippen molar-refractivity contribution < 1.29 is 19.0 Å². The Morgan fingerprint density at radius 2 is 1.59 bits per heavy atom. The first-order valence-electron chi connectivity index (χ1n) is 11.5. The van der Waals surface area contributed by atoms with Gasteiger partial charge in [0.15, 0.2) is 11.5 Å². The molecule has 1 N–H and O–H groups in total. The minimum absolute atomic E-state index is 0.0133. The Bertz CT molecular complexity index is 1090. The number of H-pyrrole nitrogens is 1. The number of nitrogens with one attached hydrogen (secondary N) is 1. The van der Waals surface area contributed by atoms with Crippen LogP contribution < -0.4 is 14.2 Å². The van der Waals surface area contributed by atoms with Crippen LogP contribution in [0.2, 0.25) is 0 Å². The van der Waals surface area contributed by atoms with E-state index < -0.39 is 0 Å². The van der Waals surface area contributed by atoms with E-state index in [1.54, 1.807) is 12.1 Å². The average molecular weight is 437 g/mol. The minimum atomic E-state index is -0.0133. The Morgan fingerprint density at radius 1 is 0.938 bits per heavy atom. The molecule has 4 rings (SSSR count). The number of carbonyl (C=O) groups excluding carboxylic acids is 1. The number of aromatic amines is 1. The van der Waals surface area contributed by atoms with Gasteiger partial charge in [0.1, 0.15) is 0 Å². The van der Waals surface area contributed by atoms with Gasteiger partial charge < -0.3 is 24.1 Å². The summed E-state index contributed by atoms with van der Waals surface area (Å²) in [5, 5.41) is 1.27. The summed E-state index contributed by atoms with van der Waals surface area (Å²) in [6, 6.07) is 10.1. The molecule has 0 bridgehead atoms. The molecule has 1 aliphatic rings. The van der Waals surface area contributed by atoms with Crippen molar-refractivity contribution in [2.45, 2.75) is 40.5 Å². The van der Waals surface area contributed by atoms with Gasteiger partial charge in [0, 0.05) is 41.7 Å². The van der Waals surface area contributed by atoms with Gasteiger partial charge >= 0.3 is 0 Å². The van der Waals surface area contributed by atoms with Crippen LogP contribution in [0, 0.1) is 6.92 Å². The molecule has 2 aromatic carbocycles. The second kappa shape index (κ2) is 9.55. The van der Waals surface area contributed by atoms with Crippen molar-refractivity contribution in [2.75, 3.05) is 32.9 Å². The topological polar surface area (TPSA) is 63.8 Å². The Kier molecular flexibility index (Phi) is 6.58. The molecule has 6 heteroatoms. The van der Waals surface area contributed by atoms with Crippen LogP contribution in [0.5, 0.6) is 17.2 Å². The quantitative estimate of drug-likeness (QED) is 0.571. The molecule has 1 aliphatic heterocycles. The summed E-state index contributed by atoms with van der Waals surface area (Å²) in [5.74, 6) is 1.64. The van der Waals surface area contributed by atoms with Crippen LogP contribution in [-0.2, 0) is 12.8 Å². The summed E-state index contributed by atoms with van der Waals surface area (Å²) in [6.07, 6.45) is 1.64. The summed E-state index contributed by atoms with van der Waals surface area (Å²) in [7, 11) is 0. The number of benzene rings is 2. The highest BCUT2D eigenvalue weighted by Gasteiger charge is 2.25. The van der Waals surface area contributed by atoms with Gasteiger partial charge in [0.05, 0.1) is 19.8 Å². The molecule has 0 spiro atoms. The van der Waals surface area contributed by atoms with E-state index in [1.807, 2.05) is 25.7 Å². The van der Waals surface area contributed by atoms with Crippen molar-refractivity contribution in [3.05, 3.63) is 52.7 Å². The van der Waals surface area contributed by atoms with Crippen LogP contribution in [0.4, 0.5) is 0 Å². The van der Waals surface area contributed by atoms with Crippen molar-refractivity contribution in [1.29, 1.82) is 0 Å². The van der Waals surface area contributed by atoms with E-state index in [1.165, 1.54) is 27.7 Å². The van der Waals surface area contributed by atoms with Crippen molar-refractivity contribution in [2.24, 2.45) is 0 Å². The number of hydrogen-bond donors (Lipinski definition) is 1. The second-order valence-electron chi connectivity index (χ2n) is 8.02. The third-order valence-corrected chi connectivity index (χ3v) is 5.86. The van der Waals surface area contributed by atoms with E-state index in [0.717, 1.165) is 12.8 Å². The van der Waals surface area contributed by atoms with Gasteiger partial charge in [-0.25, -0.2) is 0 Å². The SMILES string of the molecule is CCOc1cc(C(=O)N2CCc3[nH]c4ccc(C)cc4c3CC2)cc(OCC)c1OCC. The molecule has 1 amide bonds. The monoisotopic (exact) mass is 436 g/mol. The first-order chi connectivity index (χ1) is 15.5. The second-order valence-corrected chi connectivity index (χ2v) is 8.02. The fourth-order valence-electron chi connectivity index (χ4n) is 4.42. The molecule has 6 nitrogen and oxygen atoms in total. The summed E-state index contributed by atoms with van der Waals surface area (Å²) in [4.78, 5) is 19.0. The molecule has 0 radical (unpaired) electrons. The molecule has 0 atom stereocenters. The molecule has 0 saturated heterocycles. The molecule has 0 fully saturated rings. The Labute approximate surface area is 189 Å². The molecule has 32 heavy (non-hydrogen) atoms. The highest BCUT2D eigenvalue weighted by atomic mass is 16.5. The van der Waals surface area contributed by atoms with E-state index in [0.29, 0.717) is 55.7 Å². The van der Waals surface area contributed by atoms with E-state index in [-0.39, 0.29) is 5.91 Å². The van der Waals surface area contributed by atoms with Crippen LogP contribution in [0.1, 0.15) is 48.0 Å². The van der Waals surface area contributed by atoms with Gasteiger partial charge in [-0.2, -0.15) is 0 Å². The Hall–Kier alpha value is -3.15. The van der Waals surface area contributed by atoms with Gasteiger partial charge in [-0.3, -0.25) is 4.79 Å². The molecule has 0 saturated carbocycles. The standard InChI is InChI=1S/C26H32N2O4/c1-5-30-23-15-18(16-24(31-6-2)25(23)32-7-3)26(29)28-12-10-19-20-14-17(4)8-9-21(20)27-22(19)11-13-28/h8-9,14-16,27H,5-7,10-13H2,1-4H3. The predicted octanol–water partition coefficient (Wildman–Crippen LogP) is 4.91. The van der Waals surface area contributed by atoms with Crippen molar-refractivity contribution in [3.8, 4) is 17.2 Å². The lowest BCUT2D eigenvalue weighted by Crippen LogP contribution is -2.33. The number of carbonyl (C=O) groups is 1. The number of fused-ring (bicyclic) bond motifs is 3. The first-order valence-corrected chi connectivity index (χ1v) is 11.5. The molecule has 1 aromatic heterocycles. The third-order valence-electron chi connectivity index (χ3n) is 5.86. The zero-order chi connectivity index (χ0) is 22.7. The molecule has 0 unspecified atom stereocenters. The zero-order valence-corrected chi connectivity index (χ0v) is 19.4. The largest absolute Gasteiger partial charge is 0.490 e. The van der Waals surface area contributed by atoms with Gasteiger partial charge in [-0.15, -0.1) is 0 Å². The number of aromatic nitrogens is 1. The van der Waals surface area contributed by atoms with Crippen LogP contribution in [0.3, 0.4) is 0 Å². The number of ether oxygens (including phenoxy) is 3. The summed E-state index contributed by atoms with van der Waals surface area (Å²) < 4.78 is 17.4. The molecule has 2 heterocycles. The maximum Gasteiger partial charge on any atom is 0.254 e. The number of amides is 1. The number of rotatable bonds is 7. The lowest BCUT2D eigenvalue weighted by Gasteiger charge is -2.22. The van der Waals surface area contributed by atoms with Crippen LogP contribution >= 0.6 is 0 Å². The summed E-state index contributed by atoms with van der Waals surface area (Å²) >= 11 is 0. The fourth-order valence-corrected chi connectivity index (χ4v) is 4.42. The van der Waals surface area contributed by atoms with Gasteiger partial charge in [-0.05, 0) is 63.9 Å². The highest BCUT2D eigenvalue weighted by molar-refractivity contribution is 5.96. The van der Waals surface area contributed by atoms with Crippen molar-refractivity contribution in [3.63, 3.8) is 0 Å². The predicted molar refractivity (Wildman–Crippen MR) is 126 cm³/mol. The molecule has 3 aromatic rings. The van der Waals surface area contributed by atoms with E-state index in [9.17, 15) is 4.79 Å². The molecule has 170 valence electrons. The normalized spacial score (nSPS) is 13.6. The first kappa shape index (κ1) is 22.1. The number of nitrogens with zero attached hydrogens (tertiary/aromatic N) is 1. The van der Waals surface area contributed by atoms with Crippen LogP contribution in [-0.4, -0.2) is 48.7 Å². The smallest absolute Gasteiger partial charge is 0.254 e. The van der Waals surface area contributed by atoms with E-state index >= 15 is 0 Å². The Morgan fingerprint density at radius 3 is 2.25 bits per heavy atom. The van der Waals surface area contributed by atoms with E-state index in [2.05, 4.69) is 30.1 Å². The summed E-state index contributed by atoms with van der Waals surface area (Å²) in [6.45, 7) is 10.7. The van der Waals surface area contributed by atoms with Crippen LogP contribution in [0.15, 0.2) is 30.3 Å². The lowest BCUT2D eigenvalue weighted by molar-refractivity contribution is 0.0761. The van der Waals surface area contributed by atoms with Crippen molar-refractivity contribution in [1.82, 2.24) is 9.88 Å². The average Bonchev–Trinajstić information content (AvgIpc) is 2.98. The van der Waals surface area contributed by atoms with E-state index in [4.69, 9.17) is 14.2 Å². The Balaban J connectivity index is 1.61. The summed E-state index contributed by atoms with van der Waals surface area (Å²) in [5.41, 5.74) is 5.55. The third kappa shape index (κ3) is 4.27. The molecular formula is C26H32N2O4. The van der Waals surface area contributed by atoms with Gasteiger partial charge in [-0.1, -0.05) is 11.6 Å². The number of aryl methyl sites for hydroxylation is 1. The van der Waals surface area contributed by atoms with Crippen molar-refractivity contribution >= 4 is 16.8 Å².